The van der Waals surface area contributed by atoms with Gasteiger partial charge in [-0.1, -0.05) is 47.3 Å². The van der Waals surface area contributed by atoms with Crippen molar-refractivity contribution >= 4 is 11.9 Å². The summed E-state index contributed by atoms with van der Waals surface area (Å²) in [5, 5.41) is 2.92. The third-order valence-corrected chi connectivity index (χ3v) is 4.80. The second-order valence-corrected chi connectivity index (χ2v) is 8.22. The Labute approximate surface area is 147 Å². The van der Waals surface area contributed by atoms with Gasteiger partial charge in [0.1, 0.15) is 6.61 Å². The summed E-state index contributed by atoms with van der Waals surface area (Å²) in [6.07, 6.45) is 3.44. The van der Waals surface area contributed by atoms with E-state index in [1.807, 2.05) is 13.0 Å². The molecule has 24 heavy (non-hydrogen) atoms. The first-order valence-electron chi connectivity index (χ1n) is 8.57. The third-order valence-electron chi connectivity index (χ3n) is 4.80. The molecule has 0 aliphatic carbocycles. The highest BCUT2D eigenvalue weighted by atomic mass is 16.5. The molecule has 1 N–H and O–H groups in total. The van der Waals surface area contributed by atoms with Crippen LogP contribution in [0.15, 0.2) is 24.8 Å². The zero-order valence-corrected chi connectivity index (χ0v) is 16.5. The predicted molar refractivity (Wildman–Crippen MR) is 99.6 cm³/mol. The first kappa shape index (κ1) is 22.4. The molecule has 0 saturated carbocycles. The monoisotopic (exact) mass is 337 g/mol. The largest absolute Gasteiger partial charge is 0.460 e. The number of nitrogens with one attached hydrogen (secondary N) is 1. The quantitative estimate of drug-likeness (QED) is 0.296. The lowest BCUT2D eigenvalue weighted by atomic mass is 9.58. The molecule has 0 saturated heterocycles. The SMILES string of the molecule is C=CC(C)(CC)C(C)(CC(C)(C)C)C(=O)NCCOC(=O)C(=C)C. The second kappa shape index (κ2) is 8.50. The highest BCUT2D eigenvalue weighted by molar-refractivity contribution is 5.87. The van der Waals surface area contributed by atoms with E-state index in [0.717, 1.165) is 12.8 Å². The Morgan fingerprint density at radius 2 is 1.71 bits per heavy atom. The molecule has 0 aromatic heterocycles. The molecule has 0 spiro atoms. The van der Waals surface area contributed by atoms with Gasteiger partial charge in [-0.3, -0.25) is 4.79 Å². The van der Waals surface area contributed by atoms with Gasteiger partial charge in [-0.25, -0.2) is 4.79 Å². The topological polar surface area (TPSA) is 55.4 Å². The van der Waals surface area contributed by atoms with Crippen LogP contribution in [0.25, 0.3) is 0 Å². The molecule has 0 aliphatic rings. The lowest BCUT2D eigenvalue weighted by Gasteiger charge is -2.46. The molecule has 0 aliphatic heterocycles. The minimum atomic E-state index is -0.597. The molecule has 2 unspecified atom stereocenters. The van der Waals surface area contributed by atoms with Gasteiger partial charge in [-0.2, -0.15) is 0 Å². The van der Waals surface area contributed by atoms with Gasteiger partial charge in [-0.05, 0) is 37.5 Å². The Hall–Kier alpha value is -1.58. The number of amides is 1. The molecule has 0 aromatic rings. The van der Waals surface area contributed by atoms with Crippen LogP contribution in [0, 0.1) is 16.2 Å². The van der Waals surface area contributed by atoms with Crippen molar-refractivity contribution in [3.8, 4) is 0 Å². The van der Waals surface area contributed by atoms with Crippen LogP contribution in [0.1, 0.15) is 61.3 Å². The lowest BCUT2D eigenvalue weighted by molar-refractivity contribution is -0.142. The Morgan fingerprint density at radius 3 is 2.08 bits per heavy atom. The average Bonchev–Trinajstić information content (AvgIpc) is 2.47. The summed E-state index contributed by atoms with van der Waals surface area (Å²) < 4.78 is 5.03. The molecule has 0 heterocycles. The zero-order chi connectivity index (χ0) is 19.2. The van der Waals surface area contributed by atoms with Crippen LogP contribution < -0.4 is 5.32 Å². The maximum atomic E-state index is 13.0. The van der Waals surface area contributed by atoms with E-state index in [1.165, 1.54) is 0 Å². The van der Waals surface area contributed by atoms with Gasteiger partial charge in [0.05, 0.1) is 12.0 Å². The maximum absolute atomic E-state index is 13.0. The van der Waals surface area contributed by atoms with Gasteiger partial charge in [-0.15, -0.1) is 6.58 Å². The first-order valence-corrected chi connectivity index (χ1v) is 8.57. The zero-order valence-electron chi connectivity index (χ0n) is 16.5. The van der Waals surface area contributed by atoms with Gasteiger partial charge in [0.25, 0.3) is 0 Å². The van der Waals surface area contributed by atoms with Crippen LogP contribution in [0.3, 0.4) is 0 Å². The first-order chi connectivity index (χ1) is 10.8. The van der Waals surface area contributed by atoms with Gasteiger partial charge < -0.3 is 10.1 Å². The molecule has 0 radical (unpaired) electrons. The van der Waals surface area contributed by atoms with Crippen molar-refractivity contribution in [2.45, 2.75) is 61.3 Å². The molecule has 4 heteroatoms. The van der Waals surface area contributed by atoms with Crippen molar-refractivity contribution in [3.63, 3.8) is 0 Å². The van der Waals surface area contributed by atoms with E-state index in [4.69, 9.17) is 4.74 Å². The fourth-order valence-corrected chi connectivity index (χ4v) is 2.99. The van der Waals surface area contributed by atoms with Crippen molar-refractivity contribution in [2.75, 3.05) is 13.2 Å². The van der Waals surface area contributed by atoms with Gasteiger partial charge in [0.2, 0.25) is 5.91 Å². The molecule has 0 bridgehead atoms. The van der Waals surface area contributed by atoms with Crippen LogP contribution in [0.5, 0.6) is 0 Å². The number of carbonyl (C=O) groups excluding carboxylic acids is 2. The predicted octanol–water partition coefficient (Wildman–Crippen LogP) is 4.27. The molecule has 1 amide bonds. The van der Waals surface area contributed by atoms with Gasteiger partial charge >= 0.3 is 5.97 Å². The molecule has 0 rings (SSSR count). The summed E-state index contributed by atoms with van der Waals surface area (Å²) in [5.74, 6) is -0.473. The van der Waals surface area contributed by atoms with Crippen molar-refractivity contribution in [2.24, 2.45) is 16.2 Å². The molecule has 2 atom stereocenters. The second-order valence-electron chi connectivity index (χ2n) is 8.22. The number of rotatable bonds is 9. The molecular formula is C20H35NO3. The number of ether oxygens (including phenoxy) is 1. The lowest BCUT2D eigenvalue weighted by Crippen LogP contribution is -2.51. The summed E-state index contributed by atoms with van der Waals surface area (Å²) in [6.45, 7) is 22.1. The number of esters is 1. The molecular weight excluding hydrogens is 302 g/mol. The fraction of sp³-hybridized carbons (Fsp3) is 0.700. The minimum Gasteiger partial charge on any atom is -0.460 e. The van der Waals surface area contributed by atoms with Crippen molar-refractivity contribution < 1.29 is 14.3 Å². The van der Waals surface area contributed by atoms with Gasteiger partial charge in [0.15, 0.2) is 0 Å². The molecule has 138 valence electrons. The Bertz CT molecular complexity index is 490. The number of allylic oxidation sites excluding steroid dienone is 1. The van der Waals surface area contributed by atoms with Crippen LogP contribution in [0.4, 0.5) is 0 Å². The van der Waals surface area contributed by atoms with Crippen LogP contribution in [-0.2, 0) is 14.3 Å². The average molecular weight is 338 g/mol. The minimum absolute atomic E-state index is 0.00204. The number of carbonyl (C=O) groups is 2. The van der Waals surface area contributed by atoms with E-state index in [9.17, 15) is 9.59 Å². The van der Waals surface area contributed by atoms with Crippen molar-refractivity contribution in [1.29, 1.82) is 0 Å². The van der Waals surface area contributed by atoms with E-state index >= 15 is 0 Å². The van der Waals surface area contributed by atoms with Crippen LogP contribution >= 0.6 is 0 Å². The van der Waals surface area contributed by atoms with E-state index in [0.29, 0.717) is 5.57 Å². The number of hydrogen-bond donors (Lipinski definition) is 1. The van der Waals surface area contributed by atoms with Crippen LogP contribution in [0.2, 0.25) is 0 Å². The van der Waals surface area contributed by atoms with Gasteiger partial charge in [0, 0.05) is 5.57 Å². The smallest absolute Gasteiger partial charge is 0.333 e. The summed E-state index contributed by atoms with van der Waals surface area (Å²) >= 11 is 0. The Morgan fingerprint density at radius 1 is 1.17 bits per heavy atom. The van der Waals surface area contributed by atoms with Crippen LogP contribution in [-0.4, -0.2) is 25.0 Å². The summed E-state index contributed by atoms with van der Waals surface area (Å²) in [5.41, 5.74) is -0.569. The summed E-state index contributed by atoms with van der Waals surface area (Å²) in [7, 11) is 0. The van der Waals surface area contributed by atoms with E-state index in [1.54, 1.807) is 6.92 Å². The van der Waals surface area contributed by atoms with Crippen molar-refractivity contribution in [1.82, 2.24) is 5.32 Å². The highest BCUT2D eigenvalue weighted by Crippen LogP contribution is 2.49. The van der Waals surface area contributed by atoms with Crippen molar-refractivity contribution in [3.05, 3.63) is 24.8 Å². The van der Waals surface area contributed by atoms with E-state index in [2.05, 4.69) is 53.1 Å². The summed E-state index contributed by atoms with van der Waals surface area (Å²) in [4.78, 5) is 24.3. The Kier molecular flexibility index (Phi) is 7.94. The molecule has 0 fully saturated rings. The highest BCUT2D eigenvalue weighted by Gasteiger charge is 2.48. The molecule has 0 aromatic carbocycles. The number of hydrogen-bond acceptors (Lipinski definition) is 3. The van der Waals surface area contributed by atoms with E-state index < -0.39 is 11.4 Å². The summed E-state index contributed by atoms with van der Waals surface area (Å²) in [6, 6.07) is 0. The maximum Gasteiger partial charge on any atom is 0.333 e. The normalized spacial score (nSPS) is 16.5. The third kappa shape index (κ3) is 5.81. The Balaban J connectivity index is 5.11. The fourth-order valence-electron chi connectivity index (χ4n) is 2.99. The van der Waals surface area contributed by atoms with E-state index in [-0.39, 0.29) is 29.9 Å². The molecule has 4 nitrogen and oxygen atoms in total. The standard InChI is InChI=1S/C20H35NO3/c1-10-19(8,11-2)20(9,14-18(5,6)7)17(23)21-12-13-24-16(22)15(3)4/h10H,1,3,11-14H2,2,4-9H3,(H,21,23).